The zero-order valence-corrected chi connectivity index (χ0v) is 9.69. The number of likely N-dealkylation sites (tertiary alicyclic amines) is 1. The fourth-order valence-corrected chi connectivity index (χ4v) is 2.94. The number of carbonyl (C=O) groups is 2. The Balaban J connectivity index is 2.15. The number of imide groups is 1. The molecule has 1 aliphatic carbocycles. The Morgan fingerprint density at radius 2 is 1.88 bits per heavy atom. The molecule has 2 fully saturated rings. The van der Waals surface area contributed by atoms with Crippen LogP contribution in [-0.2, 0) is 9.59 Å². The van der Waals surface area contributed by atoms with E-state index < -0.39 is 0 Å². The van der Waals surface area contributed by atoms with E-state index in [-0.39, 0.29) is 24.0 Å². The highest BCUT2D eigenvalue weighted by Crippen LogP contribution is 2.33. The van der Waals surface area contributed by atoms with E-state index in [2.05, 4.69) is 6.92 Å². The van der Waals surface area contributed by atoms with Crippen molar-refractivity contribution in [2.75, 3.05) is 0 Å². The van der Waals surface area contributed by atoms with Crippen molar-refractivity contribution in [2.24, 2.45) is 5.92 Å². The Hall–Kier alpha value is -0.900. The first kappa shape index (κ1) is 11.6. The van der Waals surface area contributed by atoms with Gasteiger partial charge in [0.1, 0.15) is 0 Å². The van der Waals surface area contributed by atoms with E-state index >= 15 is 0 Å². The first-order chi connectivity index (χ1) is 7.63. The number of rotatable bonds is 2. The molecule has 2 aliphatic rings. The maximum atomic E-state index is 11.7. The van der Waals surface area contributed by atoms with Gasteiger partial charge in [-0.15, -0.1) is 0 Å². The van der Waals surface area contributed by atoms with Gasteiger partial charge in [-0.2, -0.15) is 0 Å². The number of aliphatic hydroxyl groups excluding tert-OH is 1. The highest BCUT2D eigenvalue weighted by molar-refractivity contribution is 6.02. The van der Waals surface area contributed by atoms with Gasteiger partial charge in [-0.1, -0.05) is 13.3 Å². The first-order valence-corrected chi connectivity index (χ1v) is 6.16. The number of hydrogen-bond acceptors (Lipinski definition) is 3. The summed E-state index contributed by atoms with van der Waals surface area (Å²) in [4.78, 5) is 24.8. The second kappa shape index (κ2) is 4.53. The van der Waals surface area contributed by atoms with E-state index in [0.717, 1.165) is 19.3 Å². The van der Waals surface area contributed by atoms with E-state index in [1.165, 1.54) is 4.90 Å². The van der Waals surface area contributed by atoms with Gasteiger partial charge in [-0.05, 0) is 25.2 Å². The van der Waals surface area contributed by atoms with Crippen molar-refractivity contribution in [3.8, 4) is 0 Å². The third kappa shape index (κ3) is 1.98. The topological polar surface area (TPSA) is 57.6 Å². The molecule has 1 saturated heterocycles. The number of amides is 2. The minimum atomic E-state index is -0.353. The third-order valence-corrected chi connectivity index (χ3v) is 3.87. The summed E-state index contributed by atoms with van der Waals surface area (Å²) in [5.74, 6) is 0.263. The molecule has 4 nitrogen and oxygen atoms in total. The maximum absolute atomic E-state index is 11.7. The number of hydrogen-bond donors (Lipinski definition) is 1. The maximum Gasteiger partial charge on any atom is 0.229 e. The highest BCUT2D eigenvalue weighted by Gasteiger charge is 2.41. The summed E-state index contributed by atoms with van der Waals surface area (Å²) in [5.41, 5.74) is 0. The molecule has 1 N–H and O–H groups in total. The molecule has 0 aromatic rings. The zero-order valence-electron chi connectivity index (χ0n) is 9.69. The van der Waals surface area contributed by atoms with Crippen LogP contribution in [0.1, 0.15) is 45.4 Å². The molecule has 3 unspecified atom stereocenters. The van der Waals surface area contributed by atoms with E-state index in [1.807, 2.05) is 0 Å². The van der Waals surface area contributed by atoms with Gasteiger partial charge in [0.2, 0.25) is 11.8 Å². The van der Waals surface area contributed by atoms with Gasteiger partial charge in [0.15, 0.2) is 0 Å². The molecule has 2 amide bonds. The fourth-order valence-electron chi connectivity index (χ4n) is 2.94. The van der Waals surface area contributed by atoms with Crippen LogP contribution in [0.4, 0.5) is 0 Å². The number of nitrogens with zero attached hydrogens (tertiary/aromatic N) is 1. The highest BCUT2D eigenvalue weighted by atomic mass is 16.3. The van der Waals surface area contributed by atoms with Crippen LogP contribution >= 0.6 is 0 Å². The summed E-state index contributed by atoms with van der Waals surface area (Å²) < 4.78 is 0. The molecule has 1 saturated carbocycles. The minimum Gasteiger partial charge on any atom is -0.393 e. The van der Waals surface area contributed by atoms with Crippen LogP contribution in [0.2, 0.25) is 0 Å². The fraction of sp³-hybridized carbons (Fsp3) is 0.833. The summed E-state index contributed by atoms with van der Waals surface area (Å²) in [5, 5.41) is 9.68. The van der Waals surface area contributed by atoms with Crippen molar-refractivity contribution < 1.29 is 14.7 Å². The molecular formula is C12H19NO3. The molecule has 0 aromatic heterocycles. The monoisotopic (exact) mass is 225 g/mol. The summed E-state index contributed by atoms with van der Waals surface area (Å²) in [6.07, 6.45) is 3.59. The molecule has 1 aliphatic heterocycles. The van der Waals surface area contributed by atoms with Crippen molar-refractivity contribution in [1.82, 2.24) is 4.90 Å². The van der Waals surface area contributed by atoms with E-state index in [9.17, 15) is 14.7 Å². The Morgan fingerprint density at radius 3 is 2.44 bits per heavy atom. The minimum absolute atomic E-state index is 0.0532. The van der Waals surface area contributed by atoms with Crippen molar-refractivity contribution in [3.05, 3.63) is 0 Å². The average Bonchev–Trinajstić information content (AvgIpc) is 2.58. The molecule has 0 radical (unpaired) electrons. The largest absolute Gasteiger partial charge is 0.393 e. The van der Waals surface area contributed by atoms with Crippen LogP contribution in [0, 0.1) is 5.92 Å². The predicted molar refractivity (Wildman–Crippen MR) is 58.5 cm³/mol. The lowest BCUT2D eigenvalue weighted by Gasteiger charge is -2.38. The van der Waals surface area contributed by atoms with Crippen molar-refractivity contribution >= 4 is 11.8 Å². The molecule has 0 bridgehead atoms. The van der Waals surface area contributed by atoms with Crippen LogP contribution in [-0.4, -0.2) is 34.0 Å². The predicted octanol–water partition coefficient (Wildman–Crippen LogP) is 1.07. The van der Waals surface area contributed by atoms with Crippen molar-refractivity contribution in [1.29, 1.82) is 0 Å². The van der Waals surface area contributed by atoms with Crippen molar-refractivity contribution in [2.45, 2.75) is 57.6 Å². The molecule has 1 heterocycles. The van der Waals surface area contributed by atoms with Crippen LogP contribution in [0.3, 0.4) is 0 Å². The van der Waals surface area contributed by atoms with Crippen LogP contribution in [0.25, 0.3) is 0 Å². The van der Waals surface area contributed by atoms with Crippen LogP contribution < -0.4 is 0 Å². The average molecular weight is 225 g/mol. The molecule has 16 heavy (non-hydrogen) atoms. The molecule has 0 aromatic carbocycles. The van der Waals surface area contributed by atoms with E-state index in [4.69, 9.17) is 0 Å². The molecule has 90 valence electrons. The Kier molecular flexibility index (Phi) is 3.28. The van der Waals surface area contributed by atoms with Gasteiger partial charge in [0.25, 0.3) is 0 Å². The van der Waals surface area contributed by atoms with Gasteiger partial charge < -0.3 is 5.11 Å². The molecular weight excluding hydrogens is 206 g/mol. The van der Waals surface area contributed by atoms with Crippen molar-refractivity contribution in [3.63, 3.8) is 0 Å². The summed E-state index contributed by atoms with van der Waals surface area (Å²) in [6, 6.07) is -0.0590. The Labute approximate surface area is 95.6 Å². The van der Waals surface area contributed by atoms with Gasteiger partial charge >= 0.3 is 0 Å². The summed E-state index contributed by atoms with van der Waals surface area (Å²) in [6.45, 7) is 2.08. The standard InChI is InChI=1S/C12H19NO3/c1-2-8-3-4-9(14)7-10(8)13-11(15)5-6-12(13)16/h8-10,14H,2-7H2,1H3. The molecule has 0 spiro atoms. The second-order valence-electron chi connectivity index (χ2n) is 4.86. The Morgan fingerprint density at radius 1 is 1.25 bits per heavy atom. The smallest absolute Gasteiger partial charge is 0.229 e. The lowest BCUT2D eigenvalue weighted by Crippen LogP contribution is -2.48. The third-order valence-electron chi connectivity index (χ3n) is 3.87. The quantitative estimate of drug-likeness (QED) is 0.715. The Bertz CT molecular complexity index is 287. The van der Waals surface area contributed by atoms with Gasteiger partial charge in [0.05, 0.1) is 6.10 Å². The molecule has 3 atom stereocenters. The number of aliphatic hydroxyl groups is 1. The molecule has 4 heteroatoms. The lowest BCUT2D eigenvalue weighted by atomic mass is 9.80. The van der Waals surface area contributed by atoms with Crippen LogP contribution in [0.15, 0.2) is 0 Å². The lowest BCUT2D eigenvalue weighted by molar-refractivity contribution is -0.144. The summed E-state index contributed by atoms with van der Waals surface area (Å²) in [7, 11) is 0. The molecule has 2 rings (SSSR count). The van der Waals surface area contributed by atoms with Gasteiger partial charge in [-0.25, -0.2) is 0 Å². The van der Waals surface area contributed by atoms with E-state index in [1.54, 1.807) is 0 Å². The first-order valence-electron chi connectivity index (χ1n) is 6.16. The SMILES string of the molecule is CCC1CCC(O)CC1N1C(=O)CCC1=O. The number of carbonyl (C=O) groups excluding carboxylic acids is 2. The van der Waals surface area contributed by atoms with Gasteiger partial charge in [-0.3, -0.25) is 14.5 Å². The zero-order chi connectivity index (χ0) is 11.7. The second-order valence-corrected chi connectivity index (χ2v) is 4.86. The van der Waals surface area contributed by atoms with Gasteiger partial charge in [0, 0.05) is 18.9 Å². The summed E-state index contributed by atoms with van der Waals surface area (Å²) >= 11 is 0. The van der Waals surface area contributed by atoms with Crippen LogP contribution in [0.5, 0.6) is 0 Å². The normalized spacial score (nSPS) is 35.9. The van der Waals surface area contributed by atoms with E-state index in [0.29, 0.717) is 25.2 Å².